The van der Waals surface area contributed by atoms with Crippen molar-refractivity contribution in [1.82, 2.24) is 4.72 Å². The van der Waals surface area contributed by atoms with E-state index in [4.69, 9.17) is 5.26 Å². The zero-order valence-corrected chi connectivity index (χ0v) is 13.6. The molecule has 0 aliphatic rings. The van der Waals surface area contributed by atoms with E-state index >= 15 is 0 Å². The minimum Gasteiger partial charge on any atom is -0.384 e. The molecule has 1 atom stereocenters. The number of nitrogens with zero attached hydrogens (tertiary/aromatic N) is 1. The molecule has 22 heavy (non-hydrogen) atoms. The zero-order chi connectivity index (χ0) is 16.2. The van der Waals surface area contributed by atoms with E-state index in [-0.39, 0.29) is 17.9 Å². The van der Waals surface area contributed by atoms with Gasteiger partial charge in [-0.25, -0.2) is 13.1 Å². The topological polar surface area (TPSA) is 90.2 Å². The average Bonchev–Trinajstić information content (AvgIpc) is 3.02. The van der Waals surface area contributed by atoms with Crippen molar-refractivity contribution in [1.29, 1.82) is 5.26 Å². The van der Waals surface area contributed by atoms with Crippen LogP contribution >= 0.6 is 11.3 Å². The van der Waals surface area contributed by atoms with Crippen molar-refractivity contribution in [2.45, 2.75) is 23.8 Å². The molecular weight excluding hydrogens is 320 g/mol. The predicted molar refractivity (Wildman–Crippen MR) is 84.8 cm³/mol. The van der Waals surface area contributed by atoms with E-state index in [0.717, 1.165) is 5.56 Å². The molecule has 0 spiro atoms. The van der Waals surface area contributed by atoms with Gasteiger partial charge >= 0.3 is 0 Å². The van der Waals surface area contributed by atoms with Crippen LogP contribution in [0.25, 0.3) is 0 Å². The number of rotatable bonds is 6. The van der Waals surface area contributed by atoms with Crippen LogP contribution in [0.1, 0.15) is 18.1 Å². The molecule has 7 heteroatoms. The fourth-order valence-electron chi connectivity index (χ4n) is 1.87. The molecule has 116 valence electrons. The summed E-state index contributed by atoms with van der Waals surface area (Å²) in [6, 6.07) is 9.88. The maximum absolute atomic E-state index is 12.2. The molecule has 2 rings (SSSR count). The Labute approximate surface area is 133 Å². The minimum absolute atomic E-state index is 0.107. The number of benzene rings is 1. The summed E-state index contributed by atoms with van der Waals surface area (Å²) < 4.78 is 26.9. The molecule has 0 saturated carbocycles. The van der Waals surface area contributed by atoms with E-state index in [1.54, 1.807) is 30.5 Å². The van der Waals surface area contributed by atoms with Gasteiger partial charge in [-0.15, -0.1) is 0 Å². The molecule has 0 amide bonds. The number of aliphatic hydroxyl groups is 1. The van der Waals surface area contributed by atoms with E-state index in [2.05, 4.69) is 4.72 Å². The molecule has 1 heterocycles. The van der Waals surface area contributed by atoms with Crippen LogP contribution in [0.3, 0.4) is 0 Å². The third-order valence-electron chi connectivity index (χ3n) is 3.27. The minimum atomic E-state index is -3.71. The molecule has 1 aromatic heterocycles. The lowest BCUT2D eigenvalue weighted by Gasteiger charge is -2.22. The molecule has 0 aliphatic heterocycles. The van der Waals surface area contributed by atoms with Crippen LogP contribution in [0, 0.1) is 11.3 Å². The molecule has 5 nitrogen and oxygen atoms in total. The summed E-state index contributed by atoms with van der Waals surface area (Å²) in [5.41, 5.74) is 0.157. The summed E-state index contributed by atoms with van der Waals surface area (Å²) in [5.74, 6) is 0. The summed E-state index contributed by atoms with van der Waals surface area (Å²) in [6.07, 6.45) is 0.237. The van der Waals surface area contributed by atoms with Gasteiger partial charge in [0.05, 0.1) is 17.4 Å². The Morgan fingerprint density at radius 2 is 2.00 bits per heavy atom. The summed E-state index contributed by atoms with van der Waals surface area (Å²) in [6.45, 7) is 1.44. The first-order chi connectivity index (χ1) is 10.3. The summed E-state index contributed by atoms with van der Waals surface area (Å²) in [7, 11) is -3.71. The van der Waals surface area contributed by atoms with E-state index < -0.39 is 15.6 Å². The summed E-state index contributed by atoms with van der Waals surface area (Å²) in [5, 5.41) is 22.6. The Balaban J connectivity index is 2.10. The largest absolute Gasteiger partial charge is 0.384 e. The van der Waals surface area contributed by atoms with Crippen LogP contribution in [0.4, 0.5) is 0 Å². The number of hydrogen-bond acceptors (Lipinski definition) is 5. The first-order valence-electron chi connectivity index (χ1n) is 6.56. The Hall–Kier alpha value is -1.72. The van der Waals surface area contributed by atoms with Gasteiger partial charge in [-0.3, -0.25) is 0 Å². The van der Waals surface area contributed by atoms with Gasteiger partial charge < -0.3 is 5.11 Å². The van der Waals surface area contributed by atoms with Crippen LogP contribution in [0.15, 0.2) is 46.0 Å². The Kier molecular flexibility index (Phi) is 4.98. The highest BCUT2D eigenvalue weighted by Gasteiger charge is 2.26. The molecule has 2 aromatic rings. The van der Waals surface area contributed by atoms with Gasteiger partial charge in [0.1, 0.15) is 5.60 Å². The lowest BCUT2D eigenvalue weighted by Crippen LogP contribution is -2.38. The smallest absolute Gasteiger partial charge is 0.240 e. The average molecular weight is 336 g/mol. The van der Waals surface area contributed by atoms with Crippen molar-refractivity contribution >= 4 is 21.4 Å². The SMILES string of the molecule is C[C@@](O)(CNS(=O)(=O)c1ccc(CC#N)cc1)c1ccsc1. The van der Waals surface area contributed by atoms with Crippen LogP contribution < -0.4 is 4.72 Å². The quantitative estimate of drug-likeness (QED) is 0.844. The second-order valence-electron chi connectivity index (χ2n) is 5.09. The van der Waals surface area contributed by atoms with Gasteiger partial charge in [-0.05, 0) is 47.0 Å². The molecule has 1 aromatic carbocycles. The number of nitrogens with one attached hydrogen (secondary N) is 1. The van der Waals surface area contributed by atoms with E-state index in [9.17, 15) is 13.5 Å². The normalized spacial score (nSPS) is 14.2. The molecular formula is C15H16N2O3S2. The Bertz CT molecular complexity index is 758. The highest BCUT2D eigenvalue weighted by molar-refractivity contribution is 7.89. The maximum Gasteiger partial charge on any atom is 0.240 e. The van der Waals surface area contributed by atoms with Crippen molar-refractivity contribution < 1.29 is 13.5 Å². The second-order valence-corrected chi connectivity index (χ2v) is 7.64. The number of sulfonamides is 1. The van der Waals surface area contributed by atoms with Gasteiger partial charge in [-0.2, -0.15) is 16.6 Å². The number of nitriles is 1. The number of hydrogen-bond donors (Lipinski definition) is 2. The van der Waals surface area contributed by atoms with Crippen LogP contribution in [0.5, 0.6) is 0 Å². The predicted octanol–water partition coefficient (Wildman–Crippen LogP) is 2.00. The van der Waals surface area contributed by atoms with Gasteiger partial charge in [0.15, 0.2) is 0 Å². The fraction of sp³-hybridized carbons (Fsp3) is 0.267. The van der Waals surface area contributed by atoms with Gasteiger partial charge in [0, 0.05) is 6.54 Å². The molecule has 0 unspecified atom stereocenters. The third kappa shape index (κ3) is 3.93. The van der Waals surface area contributed by atoms with E-state index in [1.807, 2.05) is 11.4 Å². The van der Waals surface area contributed by atoms with Crippen molar-refractivity contribution in [3.05, 3.63) is 52.2 Å². The molecule has 2 N–H and O–H groups in total. The molecule has 0 radical (unpaired) electrons. The second kappa shape index (κ2) is 6.58. The van der Waals surface area contributed by atoms with Crippen molar-refractivity contribution in [3.8, 4) is 6.07 Å². The van der Waals surface area contributed by atoms with Gasteiger partial charge in [-0.1, -0.05) is 12.1 Å². The van der Waals surface area contributed by atoms with Crippen molar-refractivity contribution in [2.75, 3.05) is 6.54 Å². The standard InChI is InChI=1S/C15H16N2O3S2/c1-15(18,13-7-9-21-10-13)11-17-22(19,20)14-4-2-12(3-5-14)6-8-16/h2-5,7,9-10,17-18H,6,11H2,1H3/t15-/m1/s1. The van der Waals surface area contributed by atoms with Crippen molar-refractivity contribution in [2.24, 2.45) is 0 Å². The third-order valence-corrected chi connectivity index (χ3v) is 5.37. The van der Waals surface area contributed by atoms with Crippen LogP contribution in [-0.4, -0.2) is 20.1 Å². The summed E-state index contributed by atoms with van der Waals surface area (Å²) in [4.78, 5) is 0.107. The molecule has 0 saturated heterocycles. The Morgan fingerprint density at radius 1 is 1.32 bits per heavy atom. The van der Waals surface area contributed by atoms with Crippen LogP contribution in [-0.2, 0) is 22.0 Å². The molecule has 0 bridgehead atoms. The maximum atomic E-state index is 12.2. The summed E-state index contributed by atoms with van der Waals surface area (Å²) >= 11 is 1.44. The van der Waals surface area contributed by atoms with E-state index in [0.29, 0.717) is 5.56 Å². The first-order valence-corrected chi connectivity index (χ1v) is 8.98. The molecule has 0 aliphatic carbocycles. The van der Waals surface area contributed by atoms with Gasteiger partial charge in [0.25, 0.3) is 0 Å². The molecule has 0 fully saturated rings. The Morgan fingerprint density at radius 3 is 2.55 bits per heavy atom. The van der Waals surface area contributed by atoms with E-state index in [1.165, 1.54) is 23.5 Å². The fourth-order valence-corrected chi connectivity index (χ4v) is 3.78. The lowest BCUT2D eigenvalue weighted by atomic mass is 10.0. The zero-order valence-electron chi connectivity index (χ0n) is 12.0. The van der Waals surface area contributed by atoms with Crippen LogP contribution in [0.2, 0.25) is 0 Å². The number of thiophene rings is 1. The monoisotopic (exact) mass is 336 g/mol. The first kappa shape index (κ1) is 16.6. The lowest BCUT2D eigenvalue weighted by molar-refractivity contribution is 0.0632. The van der Waals surface area contributed by atoms with Crippen molar-refractivity contribution in [3.63, 3.8) is 0 Å². The highest BCUT2D eigenvalue weighted by atomic mass is 32.2. The highest BCUT2D eigenvalue weighted by Crippen LogP contribution is 2.23. The van der Waals surface area contributed by atoms with Gasteiger partial charge in [0.2, 0.25) is 10.0 Å².